The maximum atomic E-state index is 12.7. The Balaban J connectivity index is 2.01. The monoisotopic (exact) mass is 360 g/mol. The van der Waals surface area contributed by atoms with Crippen LogP contribution in [-0.4, -0.2) is 67.9 Å². The third-order valence-corrected chi connectivity index (χ3v) is 5.15. The highest BCUT2D eigenvalue weighted by Gasteiger charge is 2.38. The van der Waals surface area contributed by atoms with E-state index in [2.05, 4.69) is 22.2 Å². The largest absolute Gasteiger partial charge is 0.369 e. The average molecular weight is 361 g/mol. The van der Waals surface area contributed by atoms with Crippen LogP contribution in [0.15, 0.2) is 24.3 Å². The minimum absolute atomic E-state index is 0.144. The molecule has 0 spiro atoms. The van der Waals surface area contributed by atoms with Crippen molar-refractivity contribution in [2.75, 3.05) is 56.5 Å². The first-order valence-electron chi connectivity index (χ1n) is 9.44. The second-order valence-electron chi connectivity index (χ2n) is 7.39. The first kappa shape index (κ1) is 20.2. The van der Waals surface area contributed by atoms with Crippen LogP contribution in [0.5, 0.6) is 0 Å². The molecule has 1 heterocycles. The summed E-state index contributed by atoms with van der Waals surface area (Å²) in [5.41, 5.74) is 0.783. The third kappa shape index (κ3) is 4.55. The normalized spacial score (nSPS) is 15.7. The number of hydrogen-bond donors (Lipinski definition) is 1. The average Bonchev–Trinajstić information content (AvgIpc) is 2.64. The van der Waals surface area contributed by atoms with E-state index < -0.39 is 5.41 Å². The van der Waals surface area contributed by atoms with Crippen molar-refractivity contribution in [2.45, 2.75) is 27.7 Å². The van der Waals surface area contributed by atoms with E-state index in [0.29, 0.717) is 18.8 Å². The van der Waals surface area contributed by atoms with E-state index >= 15 is 0 Å². The molecule has 0 bridgehead atoms. The Morgan fingerprint density at radius 2 is 1.58 bits per heavy atom. The molecule has 0 saturated carbocycles. The number of anilines is 2. The minimum atomic E-state index is -1.10. The van der Waals surface area contributed by atoms with Gasteiger partial charge in [0, 0.05) is 50.6 Å². The van der Waals surface area contributed by atoms with Crippen LogP contribution >= 0.6 is 0 Å². The highest BCUT2D eigenvalue weighted by Crippen LogP contribution is 2.24. The van der Waals surface area contributed by atoms with Crippen molar-refractivity contribution < 1.29 is 9.59 Å². The summed E-state index contributed by atoms with van der Waals surface area (Å²) in [6.45, 7) is 12.5. The van der Waals surface area contributed by atoms with Gasteiger partial charge < -0.3 is 20.0 Å². The molecule has 0 atom stereocenters. The SMILES string of the molecule is CCN(CC)C(=O)C(C)(C)C(=O)Nc1ccc(N2CCN(C)CC2)cc1. The number of rotatable bonds is 6. The summed E-state index contributed by atoms with van der Waals surface area (Å²) in [6, 6.07) is 7.87. The smallest absolute Gasteiger partial charge is 0.239 e. The summed E-state index contributed by atoms with van der Waals surface area (Å²) >= 11 is 0. The number of carbonyl (C=O) groups excluding carboxylic acids is 2. The van der Waals surface area contributed by atoms with Crippen molar-refractivity contribution in [3.8, 4) is 0 Å². The molecule has 26 heavy (non-hydrogen) atoms. The van der Waals surface area contributed by atoms with Gasteiger partial charge in [-0.1, -0.05) is 0 Å². The summed E-state index contributed by atoms with van der Waals surface area (Å²) in [6.07, 6.45) is 0. The summed E-state index contributed by atoms with van der Waals surface area (Å²) in [4.78, 5) is 31.6. The van der Waals surface area contributed by atoms with Gasteiger partial charge in [-0.25, -0.2) is 0 Å². The Morgan fingerprint density at radius 1 is 1.04 bits per heavy atom. The lowest BCUT2D eigenvalue weighted by molar-refractivity contribution is -0.146. The van der Waals surface area contributed by atoms with Gasteiger partial charge in [0.25, 0.3) is 0 Å². The Kier molecular flexibility index (Phi) is 6.64. The highest BCUT2D eigenvalue weighted by molar-refractivity contribution is 6.09. The lowest BCUT2D eigenvalue weighted by Gasteiger charge is -2.34. The molecular formula is C20H32N4O2. The van der Waals surface area contributed by atoms with Gasteiger partial charge in [-0.15, -0.1) is 0 Å². The van der Waals surface area contributed by atoms with Gasteiger partial charge in [0.1, 0.15) is 5.41 Å². The van der Waals surface area contributed by atoms with E-state index in [-0.39, 0.29) is 11.8 Å². The molecule has 1 aliphatic heterocycles. The molecule has 2 amide bonds. The van der Waals surface area contributed by atoms with Gasteiger partial charge in [0.15, 0.2) is 0 Å². The molecule has 144 valence electrons. The Morgan fingerprint density at radius 3 is 2.08 bits per heavy atom. The zero-order valence-electron chi connectivity index (χ0n) is 16.7. The third-order valence-electron chi connectivity index (χ3n) is 5.15. The minimum Gasteiger partial charge on any atom is -0.369 e. The van der Waals surface area contributed by atoms with Crippen LogP contribution in [0.4, 0.5) is 11.4 Å². The quantitative estimate of drug-likeness (QED) is 0.791. The predicted molar refractivity (Wildman–Crippen MR) is 106 cm³/mol. The number of amides is 2. The molecule has 6 nitrogen and oxygen atoms in total. The van der Waals surface area contributed by atoms with Crippen molar-refractivity contribution in [3.05, 3.63) is 24.3 Å². The molecule has 0 unspecified atom stereocenters. The summed E-state index contributed by atoms with van der Waals surface area (Å²) in [5.74, 6) is -0.421. The fourth-order valence-corrected chi connectivity index (χ4v) is 3.11. The van der Waals surface area contributed by atoms with E-state index in [1.807, 2.05) is 38.1 Å². The molecule has 2 rings (SSSR count). The van der Waals surface area contributed by atoms with Gasteiger partial charge >= 0.3 is 0 Å². The van der Waals surface area contributed by atoms with Gasteiger partial charge in [0.05, 0.1) is 0 Å². The number of carbonyl (C=O) groups is 2. The lowest BCUT2D eigenvalue weighted by atomic mass is 9.90. The second kappa shape index (κ2) is 8.54. The number of piperazine rings is 1. The zero-order valence-corrected chi connectivity index (χ0v) is 16.7. The summed E-state index contributed by atoms with van der Waals surface area (Å²) in [7, 11) is 2.14. The molecule has 1 N–H and O–H groups in total. The molecule has 6 heteroatoms. The van der Waals surface area contributed by atoms with E-state index in [9.17, 15) is 9.59 Å². The molecule has 0 aliphatic carbocycles. The summed E-state index contributed by atoms with van der Waals surface area (Å²) in [5, 5.41) is 2.89. The fraction of sp³-hybridized carbons (Fsp3) is 0.600. The predicted octanol–water partition coefficient (Wildman–Crippen LogP) is 2.27. The highest BCUT2D eigenvalue weighted by atomic mass is 16.2. The zero-order chi connectivity index (χ0) is 19.3. The molecule has 1 fully saturated rings. The van der Waals surface area contributed by atoms with Gasteiger partial charge in [-0.3, -0.25) is 9.59 Å². The first-order chi connectivity index (χ1) is 12.3. The maximum Gasteiger partial charge on any atom is 0.239 e. The molecule has 1 aromatic carbocycles. The second-order valence-corrected chi connectivity index (χ2v) is 7.39. The van der Waals surface area contributed by atoms with E-state index in [4.69, 9.17) is 0 Å². The number of nitrogens with zero attached hydrogens (tertiary/aromatic N) is 3. The lowest BCUT2D eigenvalue weighted by Crippen LogP contribution is -2.47. The number of hydrogen-bond acceptors (Lipinski definition) is 4. The van der Waals surface area contributed by atoms with Crippen molar-refractivity contribution in [3.63, 3.8) is 0 Å². The molecular weight excluding hydrogens is 328 g/mol. The maximum absolute atomic E-state index is 12.7. The fourth-order valence-electron chi connectivity index (χ4n) is 3.11. The van der Waals surface area contributed by atoms with Crippen LogP contribution in [0.3, 0.4) is 0 Å². The van der Waals surface area contributed by atoms with Gasteiger partial charge in [0.2, 0.25) is 11.8 Å². The van der Waals surface area contributed by atoms with Crippen LogP contribution < -0.4 is 10.2 Å². The van der Waals surface area contributed by atoms with E-state index in [1.54, 1.807) is 18.7 Å². The van der Waals surface area contributed by atoms with Crippen LogP contribution in [0, 0.1) is 5.41 Å². The number of likely N-dealkylation sites (N-methyl/N-ethyl adjacent to an activating group) is 1. The van der Waals surface area contributed by atoms with Crippen molar-refractivity contribution in [2.24, 2.45) is 5.41 Å². The topological polar surface area (TPSA) is 55.9 Å². The van der Waals surface area contributed by atoms with Crippen LogP contribution in [0.25, 0.3) is 0 Å². The number of benzene rings is 1. The Bertz CT molecular complexity index is 615. The van der Waals surface area contributed by atoms with E-state index in [0.717, 1.165) is 31.9 Å². The van der Waals surface area contributed by atoms with Gasteiger partial charge in [-0.05, 0) is 59.0 Å². The molecule has 1 saturated heterocycles. The van der Waals surface area contributed by atoms with Crippen LogP contribution in [-0.2, 0) is 9.59 Å². The first-order valence-corrected chi connectivity index (χ1v) is 9.44. The van der Waals surface area contributed by atoms with Crippen LogP contribution in [0.1, 0.15) is 27.7 Å². The van der Waals surface area contributed by atoms with Gasteiger partial charge in [-0.2, -0.15) is 0 Å². The Labute approximate surface area is 157 Å². The molecule has 0 aromatic heterocycles. The summed E-state index contributed by atoms with van der Waals surface area (Å²) < 4.78 is 0. The molecule has 1 aromatic rings. The van der Waals surface area contributed by atoms with Crippen molar-refractivity contribution in [1.82, 2.24) is 9.80 Å². The van der Waals surface area contributed by atoms with E-state index in [1.165, 1.54) is 0 Å². The number of nitrogens with one attached hydrogen (secondary N) is 1. The van der Waals surface area contributed by atoms with Crippen molar-refractivity contribution >= 4 is 23.2 Å². The standard InChI is InChI=1S/C20H32N4O2/c1-6-23(7-2)19(26)20(3,4)18(25)21-16-8-10-17(11-9-16)24-14-12-22(5)13-15-24/h8-11H,6-7,12-15H2,1-5H3,(H,21,25). The Hall–Kier alpha value is -2.08. The molecule has 1 aliphatic rings. The van der Waals surface area contributed by atoms with Crippen LogP contribution in [0.2, 0.25) is 0 Å². The molecule has 0 radical (unpaired) electrons. The van der Waals surface area contributed by atoms with Crippen molar-refractivity contribution in [1.29, 1.82) is 0 Å².